The van der Waals surface area contributed by atoms with Gasteiger partial charge in [0.15, 0.2) is 0 Å². The minimum Gasteiger partial charge on any atom is -0.466 e. The van der Waals surface area contributed by atoms with Gasteiger partial charge in [0.1, 0.15) is 0 Å². The molecule has 90 valence electrons. The molecule has 0 radical (unpaired) electrons. The Morgan fingerprint density at radius 3 is 2.31 bits per heavy atom. The van der Waals surface area contributed by atoms with Crippen LogP contribution in [0.5, 0.6) is 0 Å². The lowest BCUT2D eigenvalue weighted by molar-refractivity contribution is -0.142. The zero-order valence-electron chi connectivity index (χ0n) is 9.99. The van der Waals surface area contributed by atoms with Gasteiger partial charge in [-0.15, -0.1) is 0 Å². The summed E-state index contributed by atoms with van der Waals surface area (Å²) in [5.74, 6) is -0.621. The molecule has 0 spiro atoms. The lowest BCUT2D eigenvalue weighted by Gasteiger charge is -1.99. The van der Waals surface area contributed by atoms with E-state index >= 15 is 0 Å². The minimum absolute atomic E-state index is 0.209. The van der Waals surface area contributed by atoms with Gasteiger partial charge in [-0.25, -0.2) is 4.79 Å². The molecule has 0 bridgehead atoms. The van der Waals surface area contributed by atoms with Crippen molar-refractivity contribution < 1.29 is 19.1 Å². The van der Waals surface area contributed by atoms with E-state index in [1.54, 1.807) is 39.0 Å². The Balaban J connectivity index is 4.01. The fraction of sp³-hybridized carbons (Fsp3) is 0.500. The third-order valence-electron chi connectivity index (χ3n) is 1.67. The van der Waals surface area contributed by atoms with Gasteiger partial charge >= 0.3 is 11.9 Å². The molecule has 0 aliphatic rings. The van der Waals surface area contributed by atoms with Crippen LogP contribution in [0.1, 0.15) is 27.2 Å². The number of hydrogen-bond acceptors (Lipinski definition) is 4. The number of esters is 2. The van der Waals surface area contributed by atoms with Crippen molar-refractivity contribution in [2.75, 3.05) is 13.2 Å². The van der Waals surface area contributed by atoms with Crippen molar-refractivity contribution in [1.82, 2.24) is 0 Å². The Kier molecular flexibility index (Phi) is 7.85. The Hall–Kier alpha value is -1.58. The van der Waals surface area contributed by atoms with E-state index in [9.17, 15) is 9.59 Å². The van der Waals surface area contributed by atoms with Crippen molar-refractivity contribution in [3.8, 4) is 0 Å². The Bertz CT molecular complexity index is 289. The predicted octanol–water partition coefficient (Wildman–Crippen LogP) is 2.01. The maximum absolute atomic E-state index is 11.2. The van der Waals surface area contributed by atoms with Crippen LogP contribution in [0.4, 0.5) is 0 Å². The molecule has 0 aromatic rings. The van der Waals surface area contributed by atoms with E-state index in [4.69, 9.17) is 9.47 Å². The van der Waals surface area contributed by atoms with Crippen molar-refractivity contribution in [3.05, 3.63) is 23.8 Å². The molecule has 0 saturated carbocycles. The van der Waals surface area contributed by atoms with Crippen molar-refractivity contribution in [2.24, 2.45) is 0 Å². The maximum Gasteiger partial charge on any atom is 0.333 e. The monoisotopic (exact) mass is 226 g/mol. The Morgan fingerprint density at radius 1 is 1.12 bits per heavy atom. The molecule has 0 heterocycles. The van der Waals surface area contributed by atoms with E-state index in [2.05, 4.69) is 0 Å². The number of hydrogen-bond donors (Lipinski definition) is 0. The highest BCUT2D eigenvalue weighted by molar-refractivity contribution is 5.88. The molecule has 0 N–H and O–H groups in total. The summed E-state index contributed by atoms with van der Waals surface area (Å²) in [6.07, 6.45) is 5.10. The molecule has 0 rings (SSSR count). The zero-order valence-corrected chi connectivity index (χ0v) is 9.99. The van der Waals surface area contributed by atoms with Gasteiger partial charge in [-0.05, 0) is 20.8 Å². The van der Waals surface area contributed by atoms with Crippen LogP contribution in [0.25, 0.3) is 0 Å². The highest BCUT2D eigenvalue weighted by Crippen LogP contribution is 1.98. The third-order valence-corrected chi connectivity index (χ3v) is 1.67. The summed E-state index contributed by atoms with van der Waals surface area (Å²) in [6.45, 7) is 5.90. The normalized spacial score (nSPS) is 11.6. The summed E-state index contributed by atoms with van der Waals surface area (Å²) >= 11 is 0. The predicted molar refractivity (Wildman–Crippen MR) is 60.8 cm³/mol. The van der Waals surface area contributed by atoms with E-state index in [1.165, 1.54) is 0 Å². The van der Waals surface area contributed by atoms with E-state index in [0.29, 0.717) is 18.8 Å². The van der Waals surface area contributed by atoms with Gasteiger partial charge in [-0.3, -0.25) is 4.79 Å². The first kappa shape index (κ1) is 14.4. The van der Waals surface area contributed by atoms with Crippen LogP contribution in [-0.2, 0) is 19.1 Å². The molecule has 0 fully saturated rings. The van der Waals surface area contributed by atoms with Crippen LogP contribution < -0.4 is 0 Å². The molecule has 0 saturated heterocycles. The van der Waals surface area contributed by atoms with Crippen LogP contribution >= 0.6 is 0 Å². The first-order valence-corrected chi connectivity index (χ1v) is 5.28. The second-order valence-corrected chi connectivity index (χ2v) is 3.01. The van der Waals surface area contributed by atoms with Gasteiger partial charge in [0, 0.05) is 5.57 Å². The molecule has 4 heteroatoms. The summed E-state index contributed by atoms with van der Waals surface area (Å²) in [5.41, 5.74) is 0.502. The van der Waals surface area contributed by atoms with Gasteiger partial charge in [0.05, 0.1) is 19.6 Å². The summed E-state index contributed by atoms with van der Waals surface area (Å²) in [5, 5.41) is 0. The molecule has 0 aliphatic heterocycles. The van der Waals surface area contributed by atoms with E-state index < -0.39 is 0 Å². The van der Waals surface area contributed by atoms with E-state index in [1.807, 2.05) is 0 Å². The molecule has 0 atom stereocenters. The van der Waals surface area contributed by atoms with E-state index in [0.717, 1.165) is 0 Å². The molecule has 0 amide bonds. The van der Waals surface area contributed by atoms with E-state index in [-0.39, 0.29) is 18.4 Å². The molecule has 4 nitrogen and oxygen atoms in total. The second kappa shape index (κ2) is 8.71. The average molecular weight is 226 g/mol. The topological polar surface area (TPSA) is 52.6 Å². The summed E-state index contributed by atoms with van der Waals surface area (Å²) < 4.78 is 9.52. The molecular weight excluding hydrogens is 208 g/mol. The standard InChI is InChI=1S/C12H18O4/c1-4-15-11(13)9-7-6-8-10(3)12(14)16-5-2/h6-8H,4-5,9H2,1-3H3. The Morgan fingerprint density at radius 2 is 1.75 bits per heavy atom. The second-order valence-electron chi connectivity index (χ2n) is 3.01. The molecule has 16 heavy (non-hydrogen) atoms. The molecular formula is C12H18O4. The van der Waals surface area contributed by atoms with Gasteiger partial charge in [-0.2, -0.15) is 0 Å². The van der Waals surface area contributed by atoms with Crippen LogP contribution in [0, 0.1) is 0 Å². The summed E-state index contributed by atoms with van der Waals surface area (Å²) in [7, 11) is 0. The molecule has 0 aromatic carbocycles. The van der Waals surface area contributed by atoms with Crippen molar-refractivity contribution in [3.63, 3.8) is 0 Å². The highest BCUT2D eigenvalue weighted by Gasteiger charge is 2.02. The van der Waals surface area contributed by atoms with Crippen molar-refractivity contribution in [1.29, 1.82) is 0 Å². The average Bonchev–Trinajstić information content (AvgIpc) is 2.24. The highest BCUT2D eigenvalue weighted by atomic mass is 16.5. The maximum atomic E-state index is 11.2. The minimum atomic E-state index is -0.344. The van der Waals surface area contributed by atoms with Crippen molar-refractivity contribution in [2.45, 2.75) is 27.2 Å². The van der Waals surface area contributed by atoms with Crippen molar-refractivity contribution >= 4 is 11.9 Å². The summed E-state index contributed by atoms with van der Waals surface area (Å²) in [6, 6.07) is 0. The third kappa shape index (κ3) is 6.81. The smallest absolute Gasteiger partial charge is 0.333 e. The largest absolute Gasteiger partial charge is 0.466 e. The van der Waals surface area contributed by atoms with Crippen LogP contribution in [0.3, 0.4) is 0 Å². The number of carbonyl (C=O) groups is 2. The zero-order chi connectivity index (χ0) is 12.4. The van der Waals surface area contributed by atoms with Gasteiger partial charge < -0.3 is 9.47 Å². The first-order chi connectivity index (χ1) is 7.61. The van der Waals surface area contributed by atoms with Crippen LogP contribution in [0.15, 0.2) is 23.8 Å². The number of ether oxygens (including phenoxy) is 2. The lowest BCUT2D eigenvalue weighted by atomic mass is 10.2. The Labute approximate surface area is 95.9 Å². The summed E-state index contributed by atoms with van der Waals surface area (Å²) in [4.78, 5) is 22.1. The molecule has 0 aromatic heterocycles. The number of rotatable bonds is 6. The van der Waals surface area contributed by atoms with Crippen LogP contribution in [-0.4, -0.2) is 25.2 Å². The SMILES string of the molecule is CCOC(=O)CC=CC=C(C)C(=O)OCC. The molecule has 0 aliphatic carbocycles. The first-order valence-electron chi connectivity index (χ1n) is 5.28. The fourth-order valence-corrected chi connectivity index (χ4v) is 0.910. The van der Waals surface area contributed by atoms with Gasteiger partial charge in [0.25, 0.3) is 0 Å². The number of allylic oxidation sites excluding steroid dienone is 2. The fourth-order valence-electron chi connectivity index (χ4n) is 0.910. The van der Waals surface area contributed by atoms with Gasteiger partial charge in [0.2, 0.25) is 0 Å². The van der Waals surface area contributed by atoms with Gasteiger partial charge in [-0.1, -0.05) is 18.2 Å². The van der Waals surface area contributed by atoms with Crippen LogP contribution in [0.2, 0.25) is 0 Å². The molecule has 0 unspecified atom stereocenters. The number of carbonyl (C=O) groups excluding carboxylic acids is 2. The lowest BCUT2D eigenvalue weighted by Crippen LogP contribution is -2.04. The quantitative estimate of drug-likeness (QED) is 0.395.